The third-order valence-electron chi connectivity index (χ3n) is 5.26. The molecule has 0 aliphatic carbocycles. The molecule has 0 bridgehead atoms. The summed E-state index contributed by atoms with van der Waals surface area (Å²) < 4.78 is 28.0. The Morgan fingerprint density at radius 1 is 0.718 bits per heavy atom. The highest BCUT2D eigenvalue weighted by Gasteiger charge is 2.20. The van der Waals surface area contributed by atoms with Crippen LogP contribution in [0.3, 0.4) is 0 Å². The second-order valence-corrected chi connectivity index (χ2v) is 8.85. The van der Waals surface area contributed by atoms with E-state index in [4.69, 9.17) is 23.7 Å². The molecule has 2 unspecified atom stereocenters. The Labute approximate surface area is 226 Å². The average Bonchev–Trinajstić information content (AvgIpc) is 2.93. The van der Waals surface area contributed by atoms with E-state index < -0.39 is 24.1 Å². The minimum Gasteiger partial charge on any atom is -0.490 e. The number of fused-ring (bicyclic) bond motifs is 1. The number of rotatable bonds is 14. The van der Waals surface area contributed by atoms with Crippen LogP contribution in [0.4, 0.5) is 0 Å². The van der Waals surface area contributed by atoms with Crippen LogP contribution in [0.15, 0.2) is 85.0 Å². The number of carbonyl (C=O) groups is 2. The van der Waals surface area contributed by atoms with Crippen molar-refractivity contribution in [3.05, 3.63) is 85.0 Å². The summed E-state index contributed by atoms with van der Waals surface area (Å²) in [7, 11) is 0. The van der Waals surface area contributed by atoms with E-state index in [0.29, 0.717) is 33.8 Å². The van der Waals surface area contributed by atoms with Gasteiger partial charge in [0.05, 0.1) is 0 Å². The molecule has 3 aromatic carbocycles. The molecule has 0 aliphatic rings. The smallest absolute Gasteiger partial charge is 0.333 e. The lowest BCUT2D eigenvalue weighted by Gasteiger charge is -2.20. The molecule has 0 fully saturated rings. The largest absolute Gasteiger partial charge is 0.490 e. The van der Waals surface area contributed by atoms with Gasteiger partial charge in [0.15, 0.2) is 11.5 Å². The first-order chi connectivity index (χ1) is 18.7. The molecule has 3 rings (SSSR count). The molecule has 0 radical (unpaired) electrons. The van der Waals surface area contributed by atoms with Crippen molar-refractivity contribution in [1.82, 2.24) is 0 Å². The van der Waals surface area contributed by atoms with Gasteiger partial charge in [-0.2, -0.15) is 0 Å². The van der Waals surface area contributed by atoms with E-state index in [1.165, 1.54) is 13.8 Å². The molecular weight excluding hydrogens is 504 g/mol. The van der Waals surface area contributed by atoms with Gasteiger partial charge in [-0.1, -0.05) is 55.6 Å². The summed E-state index contributed by atoms with van der Waals surface area (Å²) in [5.41, 5.74) is 0.453. The van der Waals surface area contributed by atoms with Crippen LogP contribution >= 0.6 is 0 Å². The SMILES string of the molecule is C=C(C)C(=O)OCC(O)COc1cc(Oc2ccccc2)c(OCC(O)COC(=O)C(=C)C)c2ccccc12. The predicted octanol–water partition coefficient (Wildman–Crippen LogP) is 4.35. The zero-order valence-electron chi connectivity index (χ0n) is 21.9. The molecular formula is C30H32O9. The first-order valence-corrected chi connectivity index (χ1v) is 12.2. The summed E-state index contributed by atoms with van der Waals surface area (Å²) in [6, 6.07) is 17.9. The lowest BCUT2D eigenvalue weighted by Crippen LogP contribution is -2.26. The first-order valence-electron chi connectivity index (χ1n) is 12.2. The standard InChI is InChI=1S/C30H32O9/c1-19(2)29(33)37-17-21(31)15-35-26-14-27(39-23-10-6-5-7-11-23)28(25-13-9-8-12-24(25)26)36-16-22(32)18-38-30(34)20(3)4/h5-14,21-22,31-32H,1,3,15-18H2,2,4H3. The monoisotopic (exact) mass is 536 g/mol. The fourth-order valence-electron chi connectivity index (χ4n) is 3.30. The van der Waals surface area contributed by atoms with Gasteiger partial charge in [-0.3, -0.25) is 0 Å². The normalized spacial score (nSPS) is 12.2. The summed E-state index contributed by atoms with van der Waals surface area (Å²) in [6.07, 6.45) is -2.19. The Balaban J connectivity index is 1.85. The van der Waals surface area contributed by atoms with Gasteiger partial charge in [-0.15, -0.1) is 0 Å². The highest BCUT2D eigenvalue weighted by Crippen LogP contribution is 2.43. The van der Waals surface area contributed by atoms with Gasteiger partial charge in [0.25, 0.3) is 0 Å². The molecule has 9 heteroatoms. The van der Waals surface area contributed by atoms with Gasteiger partial charge < -0.3 is 33.9 Å². The van der Waals surface area contributed by atoms with Gasteiger partial charge >= 0.3 is 11.9 Å². The molecule has 9 nitrogen and oxygen atoms in total. The number of aliphatic hydroxyl groups is 2. The maximum atomic E-state index is 11.7. The van der Waals surface area contributed by atoms with E-state index in [9.17, 15) is 19.8 Å². The number of carbonyl (C=O) groups excluding carboxylic acids is 2. The van der Waals surface area contributed by atoms with Crippen molar-refractivity contribution in [1.29, 1.82) is 0 Å². The molecule has 39 heavy (non-hydrogen) atoms. The van der Waals surface area contributed by atoms with E-state index in [2.05, 4.69) is 13.2 Å². The summed E-state index contributed by atoms with van der Waals surface area (Å²) >= 11 is 0. The fourth-order valence-corrected chi connectivity index (χ4v) is 3.30. The zero-order chi connectivity index (χ0) is 28.4. The van der Waals surface area contributed by atoms with E-state index in [1.807, 2.05) is 36.4 Å². The highest BCUT2D eigenvalue weighted by atomic mass is 16.6. The van der Waals surface area contributed by atoms with Crippen molar-refractivity contribution >= 4 is 22.7 Å². The minimum atomic E-state index is -1.11. The van der Waals surface area contributed by atoms with Gasteiger partial charge in [0.1, 0.15) is 50.1 Å². The zero-order valence-corrected chi connectivity index (χ0v) is 21.9. The molecule has 0 spiro atoms. The third kappa shape index (κ3) is 8.59. The van der Waals surface area contributed by atoms with Gasteiger partial charge in [-0.05, 0) is 26.0 Å². The van der Waals surface area contributed by atoms with Crippen molar-refractivity contribution < 1.29 is 43.5 Å². The molecule has 2 N–H and O–H groups in total. The Kier molecular flexibility index (Phi) is 10.5. The quantitative estimate of drug-likeness (QED) is 0.229. The number of hydrogen-bond acceptors (Lipinski definition) is 9. The molecule has 0 saturated carbocycles. The van der Waals surface area contributed by atoms with Crippen LogP contribution in [-0.2, 0) is 19.1 Å². The highest BCUT2D eigenvalue weighted by molar-refractivity contribution is 5.95. The van der Waals surface area contributed by atoms with Crippen molar-refractivity contribution in [2.75, 3.05) is 26.4 Å². The Hall–Kier alpha value is -4.34. The summed E-state index contributed by atoms with van der Waals surface area (Å²) in [5.74, 6) is 0.352. The Morgan fingerprint density at radius 2 is 1.23 bits per heavy atom. The van der Waals surface area contributed by atoms with Crippen LogP contribution in [0, 0.1) is 0 Å². The maximum Gasteiger partial charge on any atom is 0.333 e. The second-order valence-electron chi connectivity index (χ2n) is 8.85. The third-order valence-corrected chi connectivity index (χ3v) is 5.26. The Bertz CT molecular complexity index is 1320. The van der Waals surface area contributed by atoms with Crippen molar-refractivity contribution in [3.8, 4) is 23.0 Å². The predicted molar refractivity (Wildman–Crippen MR) is 145 cm³/mol. The molecule has 0 amide bonds. The summed E-state index contributed by atoms with van der Waals surface area (Å²) in [6.45, 7) is 9.18. The molecule has 3 aromatic rings. The van der Waals surface area contributed by atoms with Crippen molar-refractivity contribution in [2.45, 2.75) is 26.1 Å². The lowest BCUT2D eigenvalue weighted by atomic mass is 10.1. The molecule has 2 atom stereocenters. The van der Waals surface area contributed by atoms with E-state index in [1.54, 1.807) is 24.3 Å². The fraction of sp³-hybridized carbons (Fsp3) is 0.267. The van der Waals surface area contributed by atoms with Gasteiger partial charge in [-0.25, -0.2) is 9.59 Å². The van der Waals surface area contributed by atoms with Gasteiger partial charge in [0.2, 0.25) is 0 Å². The van der Waals surface area contributed by atoms with Crippen LogP contribution in [0.5, 0.6) is 23.0 Å². The lowest BCUT2D eigenvalue weighted by molar-refractivity contribution is -0.143. The van der Waals surface area contributed by atoms with Crippen LogP contribution in [0.2, 0.25) is 0 Å². The van der Waals surface area contributed by atoms with Crippen LogP contribution in [-0.4, -0.2) is 60.8 Å². The van der Waals surface area contributed by atoms with Crippen LogP contribution < -0.4 is 14.2 Å². The van der Waals surface area contributed by atoms with Crippen LogP contribution in [0.25, 0.3) is 10.8 Å². The van der Waals surface area contributed by atoms with Crippen LogP contribution in [0.1, 0.15) is 13.8 Å². The number of hydrogen-bond donors (Lipinski definition) is 2. The summed E-state index contributed by atoms with van der Waals surface area (Å²) in [5, 5.41) is 21.9. The number of esters is 2. The van der Waals surface area contributed by atoms with Gasteiger partial charge in [0, 0.05) is 28.0 Å². The van der Waals surface area contributed by atoms with Crippen molar-refractivity contribution in [2.24, 2.45) is 0 Å². The van der Waals surface area contributed by atoms with E-state index in [0.717, 1.165) is 0 Å². The molecule has 0 heterocycles. The molecule has 206 valence electrons. The van der Waals surface area contributed by atoms with E-state index >= 15 is 0 Å². The van der Waals surface area contributed by atoms with E-state index in [-0.39, 0.29) is 37.6 Å². The topological polar surface area (TPSA) is 121 Å². The molecule has 0 aromatic heterocycles. The minimum absolute atomic E-state index is 0.161. The number of para-hydroxylation sites is 1. The summed E-state index contributed by atoms with van der Waals surface area (Å²) in [4.78, 5) is 23.3. The molecule has 0 saturated heterocycles. The number of benzene rings is 3. The Morgan fingerprint density at radius 3 is 1.79 bits per heavy atom. The number of aliphatic hydroxyl groups excluding tert-OH is 2. The molecule has 0 aliphatic heterocycles. The maximum absolute atomic E-state index is 11.7. The van der Waals surface area contributed by atoms with Crippen molar-refractivity contribution in [3.63, 3.8) is 0 Å². The second kappa shape index (κ2) is 14.0. The first kappa shape index (κ1) is 29.2. The number of ether oxygens (including phenoxy) is 5. The average molecular weight is 537 g/mol.